The van der Waals surface area contributed by atoms with E-state index in [1.807, 2.05) is 6.92 Å². The van der Waals surface area contributed by atoms with Crippen LogP contribution >= 0.6 is 0 Å². The normalized spacial score (nSPS) is 33.8. The van der Waals surface area contributed by atoms with Gasteiger partial charge in [-0.25, -0.2) is 4.79 Å². The number of amides is 1. The van der Waals surface area contributed by atoms with Gasteiger partial charge in [-0.15, -0.1) is 0 Å². The molecule has 0 saturated carbocycles. The van der Waals surface area contributed by atoms with Gasteiger partial charge in [0, 0.05) is 45.3 Å². The van der Waals surface area contributed by atoms with Crippen molar-refractivity contribution in [2.45, 2.75) is 13.0 Å². The first-order chi connectivity index (χ1) is 7.29. The first-order valence-corrected chi connectivity index (χ1v) is 5.66. The highest BCUT2D eigenvalue weighted by molar-refractivity contribution is 5.67. The van der Waals surface area contributed by atoms with E-state index < -0.39 is 0 Å². The molecule has 0 aliphatic carbocycles. The molecule has 3 aliphatic rings. The fourth-order valence-electron chi connectivity index (χ4n) is 2.30. The molecule has 2 bridgehead atoms. The lowest BCUT2D eigenvalue weighted by Gasteiger charge is -2.47. The number of carbonyl (C=O) groups excluding carboxylic acids is 1. The van der Waals surface area contributed by atoms with Gasteiger partial charge in [-0.2, -0.15) is 0 Å². The standard InChI is InChI=1S/C10H19N3O2/c1-2-15-10(14)11-7-9-8-12-3-5-13(9)6-4-12/h9H,2-8H2,1H3,(H,11,14). The van der Waals surface area contributed by atoms with Gasteiger partial charge < -0.3 is 10.1 Å². The minimum atomic E-state index is -0.296. The second-order valence-electron chi connectivity index (χ2n) is 4.09. The molecular formula is C10H19N3O2. The Balaban J connectivity index is 1.73. The van der Waals surface area contributed by atoms with E-state index in [1.54, 1.807) is 0 Å². The van der Waals surface area contributed by atoms with Gasteiger partial charge >= 0.3 is 6.09 Å². The molecule has 5 heteroatoms. The molecule has 3 heterocycles. The molecule has 1 unspecified atom stereocenters. The van der Waals surface area contributed by atoms with Crippen LogP contribution in [0.1, 0.15) is 6.92 Å². The van der Waals surface area contributed by atoms with Crippen LogP contribution in [-0.4, -0.2) is 67.8 Å². The van der Waals surface area contributed by atoms with Crippen molar-refractivity contribution < 1.29 is 9.53 Å². The Morgan fingerprint density at radius 1 is 1.40 bits per heavy atom. The predicted molar refractivity (Wildman–Crippen MR) is 56.8 cm³/mol. The molecule has 0 aromatic heterocycles. The van der Waals surface area contributed by atoms with E-state index >= 15 is 0 Å². The predicted octanol–water partition coefficient (Wildman–Crippen LogP) is -0.268. The van der Waals surface area contributed by atoms with Crippen molar-refractivity contribution in [1.82, 2.24) is 15.1 Å². The Morgan fingerprint density at radius 3 is 2.67 bits per heavy atom. The second-order valence-corrected chi connectivity index (χ2v) is 4.09. The zero-order valence-electron chi connectivity index (χ0n) is 9.24. The summed E-state index contributed by atoms with van der Waals surface area (Å²) >= 11 is 0. The first kappa shape index (κ1) is 10.7. The molecule has 1 amide bonds. The van der Waals surface area contributed by atoms with Crippen LogP contribution in [0.2, 0.25) is 0 Å². The number of fused-ring (bicyclic) bond motifs is 3. The Hall–Kier alpha value is -0.810. The zero-order valence-corrected chi connectivity index (χ0v) is 9.24. The number of hydrogen-bond acceptors (Lipinski definition) is 4. The number of nitrogens with zero attached hydrogens (tertiary/aromatic N) is 2. The van der Waals surface area contributed by atoms with Crippen LogP contribution in [0.25, 0.3) is 0 Å². The van der Waals surface area contributed by atoms with E-state index in [4.69, 9.17) is 4.74 Å². The number of alkyl carbamates (subject to hydrolysis) is 1. The molecular weight excluding hydrogens is 194 g/mol. The van der Waals surface area contributed by atoms with E-state index in [0.717, 1.165) is 19.6 Å². The summed E-state index contributed by atoms with van der Waals surface area (Å²) in [6.07, 6.45) is -0.296. The smallest absolute Gasteiger partial charge is 0.407 e. The molecule has 0 aromatic carbocycles. The largest absolute Gasteiger partial charge is 0.450 e. The molecule has 3 rings (SSSR count). The molecule has 3 saturated heterocycles. The van der Waals surface area contributed by atoms with Crippen molar-refractivity contribution in [1.29, 1.82) is 0 Å². The van der Waals surface area contributed by atoms with E-state index in [0.29, 0.717) is 19.2 Å². The van der Waals surface area contributed by atoms with Crippen LogP contribution in [0.3, 0.4) is 0 Å². The highest BCUT2D eigenvalue weighted by atomic mass is 16.5. The van der Waals surface area contributed by atoms with Gasteiger partial charge in [0.2, 0.25) is 0 Å². The molecule has 5 nitrogen and oxygen atoms in total. The maximum atomic E-state index is 11.1. The van der Waals surface area contributed by atoms with Crippen LogP contribution in [0.4, 0.5) is 4.79 Å². The number of nitrogens with one attached hydrogen (secondary N) is 1. The van der Waals surface area contributed by atoms with Gasteiger partial charge in [0.1, 0.15) is 0 Å². The fraction of sp³-hybridized carbons (Fsp3) is 0.900. The fourth-order valence-corrected chi connectivity index (χ4v) is 2.30. The summed E-state index contributed by atoms with van der Waals surface area (Å²) < 4.78 is 4.83. The van der Waals surface area contributed by atoms with E-state index in [2.05, 4.69) is 15.1 Å². The maximum Gasteiger partial charge on any atom is 0.407 e. The van der Waals surface area contributed by atoms with Crippen molar-refractivity contribution in [3.05, 3.63) is 0 Å². The number of hydrogen-bond donors (Lipinski definition) is 1. The first-order valence-electron chi connectivity index (χ1n) is 5.66. The molecule has 0 radical (unpaired) electrons. The van der Waals surface area contributed by atoms with E-state index in [1.165, 1.54) is 13.1 Å². The summed E-state index contributed by atoms with van der Waals surface area (Å²) in [5.41, 5.74) is 0. The van der Waals surface area contributed by atoms with E-state index in [9.17, 15) is 4.79 Å². The monoisotopic (exact) mass is 213 g/mol. The third kappa shape index (κ3) is 2.60. The second kappa shape index (κ2) is 4.81. The SMILES string of the molecule is CCOC(=O)NCC1CN2CCN1CC2. The molecule has 1 atom stereocenters. The third-order valence-electron chi connectivity index (χ3n) is 3.15. The number of piperazine rings is 3. The summed E-state index contributed by atoms with van der Waals surface area (Å²) in [7, 11) is 0. The van der Waals surface area contributed by atoms with Crippen LogP contribution in [0.5, 0.6) is 0 Å². The quantitative estimate of drug-likeness (QED) is 0.701. The summed E-state index contributed by atoms with van der Waals surface area (Å²) in [5, 5.41) is 2.81. The highest BCUT2D eigenvalue weighted by Crippen LogP contribution is 2.14. The average molecular weight is 213 g/mol. The molecule has 15 heavy (non-hydrogen) atoms. The van der Waals surface area contributed by atoms with Crippen molar-refractivity contribution in [2.75, 3.05) is 45.9 Å². The van der Waals surface area contributed by atoms with Gasteiger partial charge in [0.25, 0.3) is 0 Å². The lowest BCUT2D eigenvalue weighted by atomic mass is 10.1. The third-order valence-corrected chi connectivity index (χ3v) is 3.15. The number of ether oxygens (including phenoxy) is 1. The zero-order chi connectivity index (χ0) is 10.7. The van der Waals surface area contributed by atoms with Crippen molar-refractivity contribution in [3.8, 4) is 0 Å². The van der Waals surface area contributed by atoms with Gasteiger partial charge in [-0.1, -0.05) is 0 Å². The van der Waals surface area contributed by atoms with Gasteiger partial charge in [-0.05, 0) is 6.92 Å². The molecule has 0 aromatic rings. The Labute approximate surface area is 90.4 Å². The molecule has 3 aliphatic heterocycles. The summed E-state index contributed by atoms with van der Waals surface area (Å²) in [5.74, 6) is 0. The minimum Gasteiger partial charge on any atom is -0.450 e. The topological polar surface area (TPSA) is 44.8 Å². The molecule has 1 N–H and O–H groups in total. The number of carbonyl (C=O) groups is 1. The van der Waals surface area contributed by atoms with Gasteiger partial charge in [-0.3, -0.25) is 9.80 Å². The summed E-state index contributed by atoms with van der Waals surface area (Å²) in [6.45, 7) is 8.65. The van der Waals surface area contributed by atoms with Gasteiger partial charge in [0.05, 0.1) is 6.61 Å². The Kier molecular flexibility index (Phi) is 3.43. The molecule has 3 fully saturated rings. The summed E-state index contributed by atoms with van der Waals surface area (Å²) in [4.78, 5) is 16.0. The summed E-state index contributed by atoms with van der Waals surface area (Å²) in [6, 6.07) is 0.469. The number of rotatable bonds is 3. The van der Waals surface area contributed by atoms with Crippen LogP contribution < -0.4 is 5.32 Å². The van der Waals surface area contributed by atoms with Crippen molar-refractivity contribution in [3.63, 3.8) is 0 Å². The minimum absolute atomic E-state index is 0.296. The average Bonchev–Trinajstić information content (AvgIpc) is 2.28. The Morgan fingerprint density at radius 2 is 2.13 bits per heavy atom. The van der Waals surface area contributed by atoms with Crippen molar-refractivity contribution >= 4 is 6.09 Å². The lowest BCUT2D eigenvalue weighted by molar-refractivity contribution is 0.0135. The van der Waals surface area contributed by atoms with Crippen LogP contribution in [0, 0.1) is 0 Å². The Bertz CT molecular complexity index is 227. The van der Waals surface area contributed by atoms with E-state index in [-0.39, 0.29) is 6.09 Å². The molecule has 86 valence electrons. The maximum absolute atomic E-state index is 11.1. The van der Waals surface area contributed by atoms with Crippen LogP contribution in [-0.2, 0) is 4.74 Å². The van der Waals surface area contributed by atoms with Gasteiger partial charge in [0.15, 0.2) is 0 Å². The van der Waals surface area contributed by atoms with Crippen molar-refractivity contribution in [2.24, 2.45) is 0 Å². The van der Waals surface area contributed by atoms with Crippen LogP contribution in [0.15, 0.2) is 0 Å². The highest BCUT2D eigenvalue weighted by Gasteiger charge is 2.31. The molecule has 0 spiro atoms. The lowest BCUT2D eigenvalue weighted by Crippen LogP contribution is -2.63.